The van der Waals surface area contributed by atoms with Crippen LogP contribution in [0.5, 0.6) is 5.75 Å². The fraction of sp³-hybridized carbons (Fsp3) is 0.571. The smallest absolute Gasteiger partial charge is 0.120 e. The molecule has 0 bridgehead atoms. The number of nitrogens with zero attached hydrogens (tertiary/aromatic N) is 1. The van der Waals surface area contributed by atoms with Gasteiger partial charge in [0.25, 0.3) is 0 Å². The molecule has 1 aromatic rings. The summed E-state index contributed by atoms with van der Waals surface area (Å²) in [5.74, 6) is 0.844. The van der Waals surface area contributed by atoms with Crippen LogP contribution in [0, 0.1) is 0 Å². The van der Waals surface area contributed by atoms with Crippen LogP contribution in [-0.2, 0) is 0 Å². The van der Waals surface area contributed by atoms with Crippen LogP contribution in [0.3, 0.4) is 0 Å². The van der Waals surface area contributed by atoms with Gasteiger partial charge >= 0.3 is 0 Å². The van der Waals surface area contributed by atoms with Crippen molar-refractivity contribution in [2.24, 2.45) is 0 Å². The SMILES string of the molecule is COc1cccc(N2CC(O)CNC(C)(C)C2)c1. The molecule has 2 rings (SSSR count). The average molecular weight is 250 g/mol. The minimum atomic E-state index is -0.349. The zero-order valence-electron chi connectivity index (χ0n) is 11.3. The Morgan fingerprint density at radius 1 is 1.44 bits per heavy atom. The lowest BCUT2D eigenvalue weighted by molar-refractivity contribution is 0.179. The molecule has 0 amide bonds. The molecule has 0 aliphatic carbocycles. The molecule has 4 nitrogen and oxygen atoms in total. The number of aliphatic hydroxyl groups excluding tert-OH is 1. The van der Waals surface area contributed by atoms with E-state index in [2.05, 4.69) is 30.1 Å². The zero-order valence-corrected chi connectivity index (χ0v) is 11.3. The maximum Gasteiger partial charge on any atom is 0.120 e. The van der Waals surface area contributed by atoms with Crippen LogP contribution in [0.15, 0.2) is 24.3 Å². The molecule has 18 heavy (non-hydrogen) atoms. The molecular formula is C14H22N2O2. The monoisotopic (exact) mass is 250 g/mol. The van der Waals surface area contributed by atoms with E-state index in [1.807, 2.05) is 18.2 Å². The summed E-state index contributed by atoms with van der Waals surface area (Å²) in [7, 11) is 1.67. The second-order valence-electron chi connectivity index (χ2n) is 5.50. The second kappa shape index (κ2) is 5.16. The number of nitrogens with one attached hydrogen (secondary N) is 1. The molecule has 0 aromatic heterocycles. The summed E-state index contributed by atoms with van der Waals surface area (Å²) in [5.41, 5.74) is 1.07. The molecule has 4 heteroatoms. The third-order valence-electron chi connectivity index (χ3n) is 3.25. The number of rotatable bonds is 2. The predicted molar refractivity (Wildman–Crippen MR) is 73.3 cm³/mol. The number of aliphatic hydroxyl groups is 1. The normalized spacial score (nSPS) is 23.6. The van der Waals surface area contributed by atoms with Crippen LogP contribution < -0.4 is 15.0 Å². The minimum Gasteiger partial charge on any atom is -0.497 e. The Hall–Kier alpha value is -1.26. The van der Waals surface area contributed by atoms with E-state index in [1.54, 1.807) is 7.11 Å². The fourth-order valence-corrected chi connectivity index (χ4v) is 2.31. The molecule has 100 valence electrons. The first-order chi connectivity index (χ1) is 8.50. The van der Waals surface area contributed by atoms with Crippen LogP contribution in [0.2, 0.25) is 0 Å². The number of methoxy groups -OCH3 is 1. The first-order valence-electron chi connectivity index (χ1n) is 6.32. The topological polar surface area (TPSA) is 44.7 Å². The van der Waals surface area contributed by atoms with Crippen LogP contribution in [0.4, 0.5) is 5.69 Å². The van der Waals surface area contributed by atoms with Crippen LogP contribution in [0.25, 0.3) is 0 Å². The van der Waals surface area contributed by atoms with Gasteiger partial charge in [-0.05, 0) is 26.0 Å². The molecule has 1 atom stereocenters. The number of β-amino-alcohol motifs (C(OH)–C–C–N with tert-alkyl or cyclic N) is 1. The standard InChI is InChI=1S/C14H22N2O2/c1-14(2)10-16(9-12(17)8-15-14)11-5-4-6-13(7-11)18-3/h4-7,12,15,17H,8-10H2,1-3H3. The van der Waals surface area contributed by atoms with Gasteiger partial charge in [0.05, 0.1) is 13.2 Å². The first kappa shape index (κ1) is 13.2. The van der Waals surface area contributed by atoms with Gasteiger partial charge in [-0.15, -0.1) is 0 Å². The molecule has 1 aliphatic heterocycles. The Kier molecular flexibility index (Phi) is 3.78. The van der Waals surface area contributed by atoms with E-state index in [0.717, 1.165) is 18.0 Å². The van der Waals surface area contributed by atoms with E-state index in [-0.39, 0.29) is 11.6 Å². The summed E-state index contributed by atoms with van der Waals surface area (Å²) in [5, 5.41) is 13.3. The molecule has 1 aliphatic rings. The number of benzene rings is 1. The summed E-state index contributed by atoms with van der Waals surface area (Å²) in [4.78, 5) is 2.20. The zero-order chi connectivity index (χ0) is 13.2. The Bertz CT molecular complexity index is 407. The number of hydrogen-bond acceptors (Lipinski definition) is 4. The van der Waals surface area contributed by atoms with Crippen molar-refractivity contribution in [3.05, 3.63) is 24.3 Å². The molecule has 0 radical (unpaired) electrons. The average Bonchev–Trinajstić information content (AvgIpc) is 2.48. The van der Waals surface area contributed by atoms with E-state index in [4.69, 9.17) is 4.74 Å². The highest BCUT2D eigenvalue weighted by Crippen LogP contribution is 2.24. The van der Waals surface area contributed by atoms with E-state index in [9.17, 15) is 5.11 Å². The van der Waals surface area contributed by atoms with Gasteiger partial charge in [0.1, 0.15) is 5.75 Å². The van der Waals surface area contributed by atoms with Crippen LogP contribution in [-0.4, -0.2) is 43.5 Å². The highest BCUT2D eigenvalue weighted by atomic mass is 16.5. The van der Waals surface area contributed by atoms with E-state index in [1.165, 1.54) is 0 Å². The van der Waals surface area contributed by atoms with Crippen molar-refractivity contribution in [2.45, 2.75) is 25.5 Å². The van der Waals surface area contributed by atoms with Crippen molar-refractivity contribution in [1.29, 1.82) is 0 Å². The predicted octanol–water partition coefficient (Wildman–Crippen LogP) is 1.24. The second-order valence-corrected chi connectivity index (χ2v) is 5.50. The number of anilines is 1. The lowest BCUT2D eigenvalue weighted by Gasteiger charge is -2.31. The number of ether oxygens (including phenoxy) is 1. The highest BCUT2D eigenvalue weighted by Gasteiger charge is 2.27. The molecule has 0 spiro atoms. The lowest BCUT2D eigenvalue weighted by atomic mass is 10.1. The molecule has 1 fully saturated rings. The van der Waals surface area contributed by atoms with Gasteiger partial charge in [0, 0.05) is 36.9 Å². The molecule has 0 saturated carbocycles. The maximum absolute atomic E-state index is 9.94. The van der Waals surface area contributed by atoms with Crippen molar-refractivity contribution in [3.63, 3.8) is 0 Å². The van der Waals surface area contributed by atoms with Crippen molar-refractivity contribution in [2.75, 3.05) is 31.6 Å². The van der Waals surface area contributed by atoms with Gasteiger partial charge < -0.3 is 20.1 Å². The van der Waals surface area contributed by atoms with E-state index < -0.39 is 0 Å². The molecule has 1 saturated heterocycles. The van der Waals surface area contributed by atoms with Gasteiger partial charge in [0.2, 0.25) is 0 Å². The van der Waals surface area contributed by atoms with Crippen molar-refractivity contribution in [1.82, 2.24) is 5.32 Å². The number of hydrogen-bond donors (Lipinski definition) is 2. The molecule has 1 aromatic carbocycles. The summed E-state index contributed by atoms with van der Waals surface area (Å²) in [6.45, 7) is 6.44. The van der Waals surface area contributed by atoms with Gasteiger partial charge in [-0.25, -0.2) is 0 Å². The van der Waals surface area contributed by atoms with Crippen molar-refractivity contribution in [3.8, 4) is 5.75 Å². The summed E-state index contributed by atoms with van der Waals surface area (Å²) < 4.78 is 5.25. The van der Waals surface area contributed by atoms with Crippen LogP contribution >= 0.6 is 0 Å². The summed E-state index contributed by atoms with van der Waals surface area (Å²) >= 11 is 0. The Morgan fingerprint density at radius 3 is 2.94 bits per heavy atom. The third kappa shape index (κ3) is 3.15. The quantitative estimate of drug-likeness (QED) is 0.829. The van der Waals surface area contributed by atoms with Gasteiger partial charge in [-0.2, -0.15) is 0 Å². The third-order valence-corrected chi connectivity index (χ3v) is 3.25. The van der Waals surface area contributed by atoms with Gasteiger partial charge in [0.15, 0.2) is 0 Å². The van der Waals surface area contributed by atoms with Crippen molar-refractivity contribution >= 4 is 5.69 Å². The van der Waals surface area contributed by atoms with Gasteiger partial charge in [-0.1, -0.05) is 6.07 Å². The maximum atomic E-state index is 9.94. The first-order valence-corrected chi connectivity index (χ1v) is 6.32. The lowest BCUT2D eigenvalue weighted by Crippen LogP contribution is -2.46. The summed E-state index contributed by atoms with van der Waals surface area (Å²) in [6.07, 6.45) is -0.349. The van der Waals surface area contributed by atoms with Crippen molar-refractivity contribution < 1.29 is 9.84 Å². The molecule has 1 unspecified atom stereocenters. The largest absolute Gasteiger partial charge is 0.497 e. The minimum absolute atomic E-state index is 0.0133. The van der Waals surface area contributed by atoms with Gasteiger partial charge in [-0.3, -0.25) is 0 Å². The molecular weight excluding hydrogens is 228 g/mol. The Balaban J connectivity index is 2.23. The van der Waals surface area contributed by atoms with E-state index in [0.29, 0.717) is 13.1 Å². The fourth-order valence-electron chi connectivity index (χ4n) is 2.31. The Labute approximate surface area is 109 Å². The van der Waals surface area contributed by atoms with E-state index >= 15 is 0 Å². The molecule has 1 heterocycles. The summed E-state index contributed by atoms with van der Waals surface area (Å²) in [6, 6.07) is 7.97. The Morgan fingerprint density at radius 2 is 2.22 bits per heavy atom. The molecule has 2 N–H and O–H groups in total. The highest BCUT2D eigenvalue weighted by molar-refractivity contribution is 5.51. The van der Waals surface area contributed by atoms with Crippen LogP contribution in [0.1, 0.15) is 13.8 Å².